The highest BCUT2D eigenvalue weighted by molar-refractivity contribution is 5.96. The summed E-state index contributed by atoms with van der Waals surface area (Å²) in [5.74, 6) is -0.294. The number of imide groups is 1. The fourth-order valence-electron chi connectivity index (χ4n) is 1.54. The second kappa shape index (κ2) is 8.95. The van der Waals surface area contributed by atoms with Gasteiger partial charge in [0.2, 0.25) is 5.91 Å². The van der Waals surface area contributed by atoms with E-state index in [4.69, 9.17) is 5.73 Å². The summed E-state index contributed by atoms with van der Waals surface area (Å²) in [6, 6.07) is -0.797. The molecule has 0 spiro atoms. The van der Waals surface area contributed by atoms with Crippen molar-refractivity contribution >= 4 is 11.9 Å². The van der Waals surface area contributed by atoms with Gasteiger partial charge in [0.05, 0.1) is 6.04 Å². The van der Waals surface area contributed by atoms with Crippen LogP contribution >= 0.6 is 0 Å². The Kier molecular flexibility index (Phi) is 8.35. The third-order valence-corrected chi connectivity index (χ3v) is 2.43. The van der Waals surface area contributed by atoms with Gasteiger partial charge in [-0.25, -0.2) is 4.79 Å². The van der Waals surface area contributed by atoms with Crippen LogP contribution in [0.3, 0.4) is 0 Å². The van der Waals surface area contributed by atoms with E-state index >= 15 is 0 Å². The first-order valence-corrected chi connectivity index (χ1v) is 6.09. The standard InChI is InChI=1S/C11H24N4O2/c1-4-7-15(8-6-12)9(3)10(16)14-11(17)13-5-2/h9H,4-8,12H2,1-3H3,(H2,13,14,16,17). The van der Waals surface area contributed by atoms with Crippen LogP contribution in [0, 0.1) is 0 Å². The van der Waals surface area contributed by atoms with Gasteiger partial charge in [-0.05, 0) is 26.8 Å². The molecule has 0 fully saturated rings. The SMILES string of the molecule is CCCN(CCN)C(C)C(=O)NC(=O)NCC. The number of carbonyl (C=O) groups is 2. The summed E-state index contributed by atoms with van der Waals surface area (Å²) in [7, 11) is 0. The molecule has 6 heteroatoms. The summed E-state index contributed by atoms with van der Waals surface area (Å²) in [5, 5.41) is 4.83. The zero-order valence-corrected chi connectivity index (χ0v) is 11.0. The highest BCUT2D eigenvalue weighted by Gasteiger charge is 2.21. The first-order chi connectivity index (χ1) is 8.06. The van der Waals surface area contributed by atoms with Gasteiger partial charge in [-0.2, -0.15) is 0 Å². The van der Waals surface area contributed by atoms with Crippen molar-refractivity contribution in [2.24, 2.45) is 5.73 Å². The largest absolute Gasteiger partial charge is 0.338 e. The zero-order chi connectivity index (χ0) is 13.3. The van der Waals surface area contributed by atoms with Crippen LogP contribution in [0.5, 0.6) is 0 Å². The van der Waals surface area contributed by atoms with Crippen LogP contribution in [0.1, 0.15) is 27.2 Å². The average Bonchev–Trinajstić information content (AvgIpc) is 2.28. The predicted molar refractivity (Wildman–Crippen MR) is 67.6 cm³/mol. The van der Waals surface area contributed by atoms with E-state index < -0.39 is 6.03 Å². The summed E-state index contributed by atoms with van der Waals surface area (Å²) in [6.45, 7) is 8.05. The number of nitrogens with two attached hydrogens (primary N) is 1. The van der Waals surface area contributed by atoms with Crippen molar-refractivity contribution in [2.75, 3.05) is 26.2 Å². The number of rotatable bonds is 7. The van der Waals surface area contributed by atoms with Crippen LogP contribution < -0.4 is 16.4 Å². The smallest absolute Gasteiger partial charge is 0.321 e. The van der Waals surface area contributed by atoms with E-state index in [1.807, 2.05) is 11.8 Å². The van der Waals surface area contributed by atoms with Gasteiger partial charge in [-0.15, -0.1) is 0 Å². The summed E-state index contributed by atoms with van der Waals surface area (Å²) >= 11 is 0. The minimum Gasteiger partial charge on any atom is -0.338 e. The summed E-state index contributed by atoms with van der Waals surface area (Å²) in [4.78, 5) is 24.9. The predicted octanol–water partition coefficient (Wildman–Crippen LogP) is -0.109. The van der Waals surface area contributed by atoms with Gasteiger partial charge in [-0.3, -0.25) is 15.0 Å². The number of carbonyl (C=O) groups excluding carboxylic acids is 2. The number of urea groups is 1. The molecule has 0 aromatic carbocycles. The highest BCUT2D eigenvalue weighted by Crippen LogP contribution is 2.00. The van der Waals surface area contributed by atoms with Crippen molar-refractivity contribution in [3.8, 4) is 0 Å². The zero-order valence-electron chi connectivity index (χ0n) is 11.0. The lowest BCUT2D eigenvalue weighted by Gasteiger charge is -2.26. The van der Waals surface area contributed by atoms with Gasteiger partial charge in [0.1, 0.15) is 0 Å². The van der Waals surface area contributed by atoms with E-state index in [2.05, 4.69) is 10.6 Å². The molecule has 4 N–H and O–H groups in total. The lowest BCUT2D eigenvalue weighted by molar-refractivity contribution is -0.124. The Hall–Kier alpha value is -1.14. The number of hydrogen-bond acceptors (Lipinski definition) is 4. The van der Waals surface area contributed by atoms with Gasteiger partial charge in [0, 0.05) is 19.6 Å². The molecule has 0 saturated carbocycles. The van der Waals surface area contributed by atoms with Crippen molar-refractivity contribution < 1.29 is 9.59 Å². The molecule has 0 aliphatic heterocycles. The third-order valence-electron chi connectivity index (χ3n) is 2.43. The quantitative estimate of drug-likeness (QED) is 0.583. The summed E-state index contributed by atoms with van der Waals surface area (Å²) in [6.07, 6.45) is 0.943. The van der Waals surface area contributed by atoms with Crippen LogP contribution in [0.15, 0.2) is 0 Å². The molecule has 6 nitrogen and oxygen atoms in total. The first kappa shape index (κ1) is 15.9. The molecule has 3 amide bonds. The molecule has 0 aromatic rings. The molecule has 0 saturated heterocycles. The van der Waals surface area contributed by atoms with Crippen LogP contribution in [0.25, 0.3) is 0 Å². The Morgan fingerprint density at radius 1 is 1.29 bits per heavy atom. The topological polar surface area (TPSA) is 87.5 Å². The van der Waals surface area contributed by atoms with E-state index in [0.29, 0.717) is 19.6 Å². The Morgan fingerprint density at radius 3 is 2.41 bits per heavy atom. The molecule has 1 atom stereocenters. The second-order valence-corrected chi connectivity index (χ2v) is 3.85. The fraction of sp³-hybridized carbons (Fsp3) is 0.818. The van der Waals surface area contributed by atoms with E-state index in [9.17, 15) is 9.59 Å². The molecule has 0 aliphatic carbocycles. The van der Waals surface area contributed by atoms with Gasteiger partial charge < -0.3 is 11.1 Å². The van der Waals surface area contributed by atoms with Crippen molar-refractivity contribution in [3.05, 3.63) is 0 Å². The lowest BCUT2D eigenvalue weighted by Crippen LogP contribution is -2.50. The molecular formula is C11H24N4O2. The maximum atomic E-state index is 11.8. The van der Waals surface area contributed by atoms with Crippen molar-refractivity contribution in [1.29, 1.82) is 0 Å². The Balaban J connectivity index is 4.28. The van der Waals surface area contributed by atoms with Crippen LogP contribution in [-0.4, -0.2) is 49.1 Å². The summed E-state index contributed by atoms with van der Waals surface area (Å²) < 4.78 is 0. The van der Waals surface area contributed by atoms with Crippen LogP contribution in [0.2, 0.25) is 0 Å². The van der Waals surface area contributed by atoms with E-state index in [-0.39, 0.29) is 11.9 Å². The molecule has 0 heterocycles. The van der Waals surface area contributed by atoms with Gasteiger partial charge in [0.25, 0.3) is 0 Å². The van der Waals surface area contributed by atoms with E-state index in [0.717, 1.165) is 13.0 Å². The molecule has 100 valence electrons. The average molecular weight is 244 g/mol. The normalized spacial score (nSPS) is 12.3. The molecule has 0 aromatic heterocycles. The molecule has 17 heavy (non-hydrogen) atoms. The third kappa shape index (κ3) is 6.23. The van der Waals surface area contributed by atoms with Gasteiger partial charge >= 0.3 is 6.03 Å². The van der Waals surface area contributed by atoms with Crippen molar-refractivity contribution in [3.63, 3.8) is 0 Å². The van der Waals surface area contributed by atoms with Crippen molar-refractivity contribution in [1.82, 2.24) is 15.5 Å². The Morgan fingerprint density at radius 2 is 1.94 bits per heavy atom. The highest BCUT2D eigenvalue weighted by atomic mass is 16.2. The number of hydrogen-bond donors (Lipinski definition) is 3. The molecule has 0 aliphatic rings. The number of nitrogens with zero attached hydrogens (tertiary/aromatic N) is 1. The monoisotopic (exact) mass is 244 g/mol. The fourth-order valence-corrected chi connectivity index (χ4v) is 1.54. The lowest BCUT2D eigenvalue weighted by atomic mass is 10.2. The maximum Gasteiger partial charge on any atom is 0.321 e. The van der Waals surface area contributed by atoms with Crippen LogP contribution in [-0.2, 0) is 4.79 Å². The summed E-state index contributed by atoms with van der Waals surface area (Å²) in [5.41, 5.74) is 5.49. The van der Waals surface area contributed by atoms with Gasteiger partial charge in [0.15, 0.2) is 0 Å². The second-order valence-electron chi connectivity index (χ2n) is 3.85. The van der Waals surface area contributed by atoms with Crippen LogP contribution in [0.4, 0.5) is 4.79 Å². The van der Waals surface area contributed by atoms with Crippen molar-refractivity contribution in [2.45, 2.75) is 33.2 Å². The molecule has 0 rings (SSSR count). The Labute approximate surface area is 103 Å². The molecule has 0 radical (unpaired) electrons. The van der Waals surface area contributed by atoms with Gasteiger partial charge in [-0.1, -0.05) is 6.92 Å². The molecule has 1 unspecified atom stereocenters. The van der Waals surface area contributed by atoms with E-state index in [1.165, 1.54) is 0 Å². The van der Waals surface area contributed by atoms with E-state index in [1.54, 1.807) is 13.8 Å². The first-order valence-electron chi connectivity index (χ1n) is 6.09. The maximum absolute atomic E-state index is 11.8. The molecular weight excluding hydrogens is 220 g/mol. The number of nitrogens with one attached hydrogen (secondary N) is 2. The Bertz CT molecular complexity index is 240. The number of amides is 3. The minimum absolute atomic E-state index is 0.294. The minimum atomic E-state index is -0.450. The molecule has 0 bridgehead atoms.